The minimum atomic E-state index is -0.170. The van der Waals surface area contributed by atoms with Crippen LogP contribution in [-0.2, 0) is 4.79 Å². The van der Waals surface area contributed by atoms with Gasteiger partial charge in [-0.3, -0.25) is 9.59 Å². The Morgan fingerprint density at radius 3 is 2.35 bits per heavy atom. The number of amides is 2. The molecule has 0 spiro atoms. The van der Waals surface area contributed by atoms with Crippen LogP contribution in [0.25, 0.3) is 0 Å². The highest BCUT2D eigenvalue weighted by atomic mass is 35.5. The summed E-state index contributed by atoms with van der Waals surface area (Å²) in [5, 5.41) is 2.80. The van der Waals surface area contributed by atoms with Crippen LogP contribution in [0.15, 0.2) is 24.3 Å². The highest BCUT2D eigenvalue weighted by Gasteiger charge is 2.28. The number of halogens is 1. The van der Waals surface area contributed by atoms with Gasteiger partial charge in [0.2, 0.25) is 0 Å². The fourth-order valence-electron chi connectivity index (χ4n) is 3.20. The highest BCUT2D eigenvalue weighted by Crippen LogP contribution is 2.23. The molecule has 0 saturated carbocycles. The van der Waals surface area contributed by atoms with E-state index in [1.165, 1.54) is 6.42 Å². The van der Waals surface area contributed by atoms with Crippen LogP contribution >= 0.6 is 12.4 Å². The summed E-state index contributed by atoms with van der Waals surface area (Å²) in [5.74, 6) is 0.420. The smallest absolute Gasteiger partial charge is 0.260 e. The van der Waals surface area contributed by atoms with Gasteiger partial charge in [-0.25, -0.2) is 0 Å². The molecule has 7 heteroatoms. The van der Waals surface area contributed by atoms with Gasteiger partial charge in [0, 0.05) is 30.2 Å². The van der Waals surface area contributed by atoms with Gasteiger partial charge in [-0.05, 0) is 64.3 Å². The van der Waals surface area contributed by atoms with Crippen LogP contribution in [0.1, 0.15) is 50.4 Å². The highest BCUT2D eigenvalue weighted by molar-refractivity contribution is 5.94. The number of hydrogen-bond donors (Lipinski definition) is 2. The van der Waals surface area contributed by atoms with E-state index < -0.39 is 0 Å². The van der Waals surface area contributed by atoms with Gasteiger partial charge >= 0.3 is 0 Å². The first-order valence-corrected chi connectivity index (χ1v) is 8.97. The number of likely N-dealkylation sites (tertiary alicyclic amines) is 1. The Kier molecular flexibility index (Phi) is 8.88. The van der Waals surface area contributed by atoms with E-state index in [0.29, 0.717) is 17.9 Å². The average Bonchev–Trinajstić information content (AvgIpc) is 2.60. The lowest BCUT2D eigenvalue weighted by molar-refractivity contribution is -0.139. The topological polar surface area (TPSA) is 84.7 Å². The zero-order chi connectivity index (χ0) is 18.4. The van der Waals surface area contributed by atoms with E-state index in [4.69, 9.17) is 10.5 Å². The summed E-state index contributed by atoms with van der Waals surface area (Å²) in [5.41, 5.74) is 6.04. The maximum Gasteiger partial charge on any atom is 0.260 e. The molecular weight excluding hydrogens is 354 g/mol. The third-order valence-electron chi connectivity index (χ3n) is 4.69. The van der Waals surface area contributed by atoms with Crippen LogP contribution in [0, 0.1) is 0 Å². The molecule has 146 valence electrons. The lowest BCUT2D eigenvalue weighted by Gasteiger charge is -2.38. The van der Waals surface area contributed by atoms with Crippen molar-refractivity contribution < 1.29 is 14.3 Å². The molecule has 26 heavy (non-hydrogen) atoms. The Morgan fingerprint density at radius 1 is 1.23 bits per heavy atom. The van der Waals surface area contributed by atoms with Gasteiger partial charge in [0.25, 0.3) is 11.8 Å². The lowest BCUT2D eigenvalue weighted by Crippen LogP contribution is -2.49. The van der Waals surface area contributed by atoms with Gasteiger partial charge in [-0.15, -0.1) is 12.4 Å². The second-order valence-electron chi connectivity index (χ2n) is 6.85. The van der Waals surface area contributed by atoms with Gasteiger partial charge in [0.15, 0.2) is 6.61 Å². The van der Waals surface area contributed by atoms with Gasteiger partial charge in [-0.2, -0.15) is 0 Å². The molecule has 6 nitrogen and oxygen atoms in total. The molecule has 2 unspecified atom stereocenters. The Labute approximate surface area is 161 Å². The van der Waals surface area contributed by atoms with E-state index in [1.54, 1.807) is 24.3 Å². The fraction of sp³-hybridized carbons (Fsp3) is 0.579. The van der Waals surface area contributed by atoms with Crippen molar-refractivity contribution in [3.05, 3.63) is 29.8 Å². The van der Waals surface area contributed by atoms with Gasteiger partial charge in [0.1, 0.15) is 5.75 Å². The van der Waals surface area contributed by atoms with Crippen molar-refractivity contribution in [2.24, 2.45) is 5.73 Å². The van der Waals surface area contributed by atoms with Crippen molar-refractivity contribution in [2.75, 3.05) is 13.2 Å². The fourth-order valence-corrected chi connectivity index (χ4v) is 3.20. The molecule has 1 aliphatic heterocycles. The molecule has 2 amide bonds. The van der Waals surface area contributed by atoms with Crippen LogP contribution in [0.3, 0.4) is 0 Å². The summed E-state index contributed by atoms with van der Waals surface area (Å²) in [4.78, 5) is 26.4. The van der Waals surface area contributed by atoms with Crippen molar-refractivity contribution in [3.8, 4) is 5.75 Å². The lowest BCUT2D eigenvalue weighted by atomic mass is 9.97. The summed E-state index contributed by atoms with van der Waals surface area (Å²) in [6.07, 6.45) is 3.25. The molecular formula is C19H30ClN3O3. The number of ether oxygens (including phenoxy) is 1. The maximum atomic E-state index is 12.4. The second-order valence-corrected chi connectivity index (χ2v) is 6.85. The number of benzene rings is 1. The number of carbonyl (C=O) groups excluding carboxylic acids is 2. The third-order valence-corrected chi connectivity index (χ3v) is 4.69. The van der Waals surface area contributed by atoms with Crippen molar-refractivity contribution in [3.63, 3.8) is 0 Å². The largest absolute Gasteiger partial charge is 0.484 e. The Bertz CT molecular complexity index is 584. The molecule has 0 aromatic heterocycles. The number of hydrogen-bond acceptors (Lipinski definition) is 4. The van der Waals surface area contributed by atoms with E-state index in [2.05, 4.69) is 19.2 Å². The predicted octanol–water partition coefficient (Wildman–Crippen LogP) is 2.35. The first-order chi connectivity index (χ1) is 11.9. The Hall–Kier alpha value is -1.79. The van der Waals surface area contributed by atoms with Crippen LogP contribution in [0.5, 0.6) is 5.75 Å². The van der Waals surface area contributed by atoms with E-state index in [0.717, 1.165) is 12.8 Å². The predicted molar refractivity (Wildman–Crippen MR) is 105 cm³/mol. The summed E-state index contributed by atoms with van der Waals surface area (Å²) >= 11 is 0. The number of rotatable bonds is 6. The molecule has 0 aliphatic carbocycles. The first-order valence-electron chi connectivity index (χ1n) is 8.97. The summed E-state index contributed by atoms with van der Waals surface area (Å²) in [6, 6.07) is 7.23. The molecule has 1 aromatic rings. The summed E-state index contributed by atoms with van der Waals surface area (Å²) in [6.45, 7) is 6.43. The van der Waals surface area contributed by atoms with E-state index >= 15 is 0 Å². The molecule has 1 heterocycles. The minimum Gasteiger partial charge on any atom is -0.484 e. The van der Waals surface area contributed by atoms with Crippen LogP contribution in [0.2, 0.25) is 0 Å². The molecule has 1 aromatic carbocycles. The number of nitrogens with two attached hydrogens (primary N) is 1. The summed E-state index contributed by atoms with van der Waals surface area (Å²) in [7, 11) is 0. The van der Waals surface area contributed by atoms with E-state index in [9.17, 15) is 9.59 Å². The summed E-state index contributed by atoms with van der Waals surface area (Å²) < 4.78 is 5.61. The molecule has 1 fully saturated rings. The van der Waals surface area contributed by atoms with Crippen molar-refractivity contribution in [1.29, 1.82) is 0 Å². The minimum absolute atomic E-state index is 0. The normalized spacial score (nSPS) is 20.7. The standard InChI is InChI=1S/C19H29N3O3.ClH/c1-13(11-20)21-19(24)16-7-9-17(10-8-16)25-12-18(23)22-14(2)5-4-6-15(22)3;/h7-10,13-15H,4-6,11-12,20H2,1-3H3,(H,21,24);1H/t13-,14?,15?;/m0./s1. The number of piperidine rings is 1. The number of nitrogens with one attached hydrogen (secondary N) is 1. The van der Waals surface area contributed by atoms with E-state index in [1.807, 2.05) is 11.8 Å². The zero-order valence-corrected chi connectivity index (χ0v) is 16.6. The van der Waals surface area contributed by atoms with Crippen molar-refractivity contribution in [1.82, 2.24) is 10.2 Å². The average molecular weight is 384 g/mol. The van der Waals surface area contributed by atoms with Crippen LogP contribution < -0.4 is 15.8 Å². The molecule has 2 rings (SSSR count). The Balaban J connectivity index is 0.00000338. The van der Waals surface area contributed by atoms with E-state index in [-0.39, 0.29) is 49.0 Å². The molecule has 0 radical (unpaired) electrons. The van der Waals surface area contributed by atoms with Crippen molar-refractivity contribution in [2.45, 2.75) is 58.2 Å². The molecule has 1 aliphatic rings. The Morgan fingerprint density at radius 2 is 1.81 bits per heavy atom. The number of nitrogens with zero attached hydrogens (tertiary/aromatic N) is 1. The van der Waals surface area contributed by atoms with Gasteiger partial charge in [-0.1, -0.05) is 0 Å². The molecule has 1 saturated heterocycles. The maximum absolute atomic E-state index is 12.4. The van der Waals surface area contributed by atoms with Crippen molar-refractivity contribution >= 4 is 24.2 Å². The first kappa shape index (κ1) is 22.3. The van der Waals surface area contributed by atoms with Gasteiger partial charge in [0.05, 0.1) is 0 Å². The monoisotopic (exact) mass is 383 g/mol. The number of carbonyl (C=O) groups is 2. The molecule has 0 bridgehead atoms. The SMILES string of the molecule is CC1CCCC(C)N1C(=O)COc1ccc(C(=O)N[C@@H](C)CN)cc1.Cl. The third kappa shape index (κ3) is 5.88. The van der Waals surface area contributed by atoms with Crippen LogP contribution in [0.4, 0.5) is 0 Å². The molecule has 3 N–H and O–H groups in total. The zero-order valence-electron chi connectivity index (χ0n) is 15.7. The van der Waals surface area contributed by atoms with Crippen LogP contribution in [-0.4, -0.2) is 48.0 Å². The molecule has 3 atom stereocenters. The van der Waals surface area contributed by atoms with Gasteiger partial charge < -0.3 is 20.7 Å². The second kappa shape index (κ2) is 10.4. The quantitative estimate of drug-likeness (QED) is 0.789.